The minimum Gasteiger partial charge on any atom is -0.321 e. The largest absolute Gasteiger partial charge is 0.321 e. The first kappa shape index (κ1) is 15.7. The van der Waals surface area contributed by atoms with E-state index in [4.69, 9.17) is 0 Å². The topological polar surface area (TPSA) is 104 Å². The van der Waals surface area contributed by atoms with Crippen molar-refractivity contribution in [2.24, 2.45) is 0 Å². The van der Waals surface area contributed by atoms with Gasteiger partial charge in [0.05, 0.1) is 31.6 Å². The number of thiophene rings is 1. The van der Waals surface area contributed by atoms with Gasteiger partial charge in [0.15, 0.2) is 5.69 Å². The summed E-state index contributed by atoms with van der Waals surface area (Å²) in [5, 5.41) is 10.1. The van der Waals surface area contributed by atoms with Gasteiger partial charge in [0.25, 0.3) is 11.5 Å². The molecule has 25 heavy (non-hydrogen) atoms. The Morgan fingerprint density at radius 2 is 2.08 bits per heavy atom. The van der Waals surface area contributed by atoms with Crippen LogP contribution in [0.15, 0.2) is 51.3 Å². The minimum atomic E-state index is -0.363. The lowest BCUT2D eigenvalue weighted by Gasteiger charge is -2.04. The normalized spacial score (nSPS) is 10.9. The summed E-state index contributed by atoms with van der Waals surface area (Å²) in [7, 11) is 0. The van der Waals surface area contributed by atoms with Gasteiger partial charge in [-0.3, -0.25) is 14.7 Å². The van der Waals surface area contributed by atoms with Gasteiger partial charge in [0.2, 0.25) is 0 Å². The molecule has 1 aromatic carbocycles. The fourth-order valence-corrected chi connectivity index (χ4v) is 3.72. The first-order valence-electron chi connectivity index (χ1n) is 7.20. The number of nitrogens with zero attached hydrogens (tertiary/aromatic N) is 2. The van der Waals surface area contributed by atoms with E-state index in [1.807, 2.05) is 12.1 Å². The predicted molar refractivity (Wildman–Crippen MR) is 99.9 cm³/mol. The van der Waals surface area contributed by atoms with Gasteiger partial charge < -0.3 is 10.3 Å². The number of amides is 1. The standard InChI is InChI=1S/C16H10BrN5O2S/c17-14-4-3-13(25-14)11-6-12(22-21-11)16(24)20-8-1-2-10-9(5-8)15(23)19-7-18-10/h1-7H,(H,20,24)(H,21,22)(H,18,19,23). The van der Waals surface area contributed by atoms with Crippen LogP contribution in [0.4, 0.5) is 5.69 Å². The highest BCUT2D eigenvalue weighted by atomic mass is 79.9. The van der Waals surface area contributed by atoms with Gasteiger partial charge in [-0.1, -0.05) is 0 Å². The average Bonchev–Trinajstić information content (AvgIpc) is 3.24. The second-order valence-electron chi connectivity index (χ2n) is 5.19. The first-order chi connectivity index (χ1) is 12.1. The number of aromatic nitrogens is 4. The maximum atomic E-state index is 12.4. The van der Waals surface area contributed by atoms with E-state index in [1.165, 1.54) is 6.33 Å². The highest BCUT2D eigenvalue weighted by Gasteiger charge is 2.13. The number of hydrogen-bond donors (Lipinski definition) is 3. The van der Waals surface area contributed by atoms with Crippen molar-refractivity contribution in [3.8, 4) is 10.6 Å². The SMILES string of the molecule is O=C(Nc1ccc2nc[nH]c(=O)c2c1)c1cc(-c2ccc(Br)s2)[nH]n1. The van der Waals surface area contributed by atoms with Crippen LogP contribution in [0.25, 0.3) is 21.5 Å². The number of benzene rings is 1. The van der Waals surface area contributed by atoms with Crippen LogP contribution >= 0.6 is 27.3 Å². The molecule has 3 N–H and O–H groups in total. The molecule has 0 radical (unpaired) electrons. The number of fused-ring (bicyclic) bond motifs is 1. The molecule has 9 heteroatoms. The number of nitrogens with one attached hydrogen (secondary N) is 3. The molecule has 124 valence electrons. The molecule has 0 aliphatic rings. The molecule has 4 rings (SSSR count). The van der Waals surface area contributed by atoms with Crippen molar-refractivity contribution in [2.75, 3.05) is 5.32 Å². The molecule has 3 heterocycles. The highest BCUT2D eigenvalue weighted by Crippen LogP contribution is 2.30. The highest BCUT2D eigenvalue weighted by molar-refractivity contribution is 9.11. The third kappa shape index (κ3) is 3.11. The van der Waals surface area contributed by atoms with Crippen LogP contribution in [-0.2, 0) is 0 Å². The Balaban J connectivity index is 1.59. The van der Waals surface area contributed by atoms with Crippen molar-refractivity contribution in [3.63, 3.8) is 0 Å². The molecule has 0 saturated heterocycles. The zero-order valence-corrected chi connectivity index (χ0v) is 14.9. The van der Waals surface area contributed by atoms with Crippen molar-refractivity contribution in [1.29, 1.82) is 0 Å². The van der Waals surface area contributed by atoms with E-state index in [9.17, 15) is 9.59 Å². The van der Waals surface area contributed by atoms with Gasteiger partial charge in [-0.15, -0.1) is 11.3 Å². The van der Waals surface area contributed by atoms with Gasteiger partial charge in [-0.05, 0) is 52.3 Å². The monoisotopic (exact) mass is 415 g/mol. The molecule has 0 spiro atoms. The van der Waals surface area contributed by atoms with Crippen LogP contribution in [0.3, 0.4) is 0 Å². The molecule has 0 aliphatic heterocycles. The van der Waals surface area contributed by atoms with E-state index >= 15 is 0 Å². The number of aromatic amines is 2. The van der Waals surface area contributed by atoms with Crippen molar-refractivity contribution < 1.29 is 4.79 Å². The van der Waals surface area contributed by atoms with Crippen LogP contribution in [0.2, 0.25) is 0 Å². The number of hydrogen-bond acceptors (Lipinski definition) is 5. The summed E-state index contributed by atoms with van der Waals surface area (Å²) in [5.41, 5.74) is 1.83. The zero-order valence-electron chi connectivity index (χ0n) is 12.5. The molecule has 0 saturated carbocycles. The summed E-state index contributed by atoms with van der Waals surface area (Å²) in [6, 6.07) is 10.5. The molecule has 0 atom stereocenters. The van der Waals surface area contributed by atoms with E-state index in [-0.39, 0.29) is 17.2 Å². The van der Waals surface area contributed by atoms with Crippen molar-refractivity contribution in [2.45, 2.75) is 0 Å². The van der Waals surface area contributed by atoms with E-state index in [2.05, 4.69) is 41.4 Å². The number of rotatable bonds is 3. The third-order valence-electron chi connectivity index (χ3n) is 3.55. The Morgan fingerprint density at radius 3 is 2.88 bits per heavy atom. The van der Waals surface area contributed by atoms with E-state index in [1.54, 1.807) is 35.6 Å². The molecule has 3 aromatic heterocycles. The predicted octanol–water partition coefficient (Wildman–Crippen LogP) is 3.39. The number of H-pyrrole nitrogens is 2. The molecule has 0 bridgehead atoms. The molecule has 0 unspecified atom stereocenters. The summed E-state index contributed by atoms with van der Waals surface area (Å²) >= 11 is 4.95. The molecule has 1 amide bonds. The number of halogens is 1. The van der Waals surface area contributed by atoms with Crippen LogP contribution in [0, 0.1) is 0 Å². The zero-order chi connectivity index (χ0) is 17.4. The van der Waals surface area contributed by atoms with Crippen LogP contribution in [0.1, 0.15) is 10.5 Å². The molecular formula is C16H10BrN5O2S. The maximum Gasteiger partial charge on any atom is 0.276 e. The van der Waals surface area contributed by atoms with Gasteiger partial charge in [0.1, 0.15) is 0 Å². The second-order valence-corrected chi connectivity index (χ2v) is 7.65. The summed E-state index contributed by atoms with van der Waals surface area (Å²) in [4.78, 5) is 31.8. The smallest absolute Gasteiger partial charge is 0.276 e. The van der Waals surface area contributed by atoms with Crippen LogP contribution < -0.4 is 10.9 Å². The maximum absolute atomic E-state index is 12.4. The Kier molecular flexibility index (Phi) is 3.94. The molecule has 0 aliphatic carbocycles. The third-order valence-corrected chi connectivity index (χ3v) is 5.20. The van der Waals surface area contributed by atoms with Crippen LogP contribution in [0.5, 0.6) is 0 Å². The number of carbonyl (C=O) groups excluding carboxylic acids is 1. The molecule has 7 nitrogen and oxygen atoms in total. The Morgan fingerprint density at radius 1 is 1.20 bits per heavy atom. The summed E-state index contributed by atoms with van der Waals surface area (Å²) < 4.78 is 0.998. The van der Waals surface area contributed by atoms with Crippen molar-refractivity contribution in [1.82, 2.24) is 20.2 Å². The Bertz CT molecular complexity index is 1150. The lowest BCUT2D eigenvalue weighted by Crippen LogP contribution is -2.13. The lowest BCUT2D eigenvalue weighted by molar-refractivity contribution is 0.102. The van der Waals surface area contributed by atoms with Gasteiger partial charge in [0, 0.05) is 5.69 Å². The van der Waals surface area contributed by atoms with E-state index in [0.717, 1.165) is 14.4 Å². The molecular weight excluding hydrogens is 406 g/mol. The fraction of sp³-hybridized carbons (Fsp3) is 0. The Hall–Kier alpha value is -2.78. The van der Waals surface area contributed by atoms with Gasteiger partial charge >= 0.3 is 0 Å². The van der Waals surface area contributed by atoms with Crippen molar-refractivity contribution in [3.05, 3.63) is 62.6 Å². The summed E-state index contributed by atoms with van der Waals surface area (Å²) in [6.45, 7) is 0. The van der Waals surface area contributed by atoms with E-state index in [0.29, 0.717) is 16.6 Å². The fourth-order valence-electron chi connectivity index (χ4n) is 2.36. The minimum absolute atomic E-state index is 0.258. The molecule has 0 fully saturated rings. The average molecular weight is 416 g/mol. The number of carbonyl (C=O) groups is 1. The number of anilines is 1. The Labute approximate surface area is 153 Å². The van der Waals surface area contributed by atoms with Gasteiger partial charge in [-0.2, -0.15) is 5.10 Å². The van der Waals surface area contributed by atoms with Crippen molar-refractivity contribution >= 4 is 49.8 Å². The quantitative estimate of drug-likeness (QED) is 0.476. The molecule has 4 aromatic rings. The summed E-state index contributed by atoms with van der Waals surface area (Å²) in [6.07, 6.45) is 1.34. The summed E-state index contributed by atoms with van der Waals surface area (Å²) in [5.74, 6) is -0.363. The lowest BCUT2D eigenvalue weighted by atomic mass is 10.2. The first-order valence-corrected chi connectivity index (χ1v) is 8.81. The van der Waals surface area contributed by atoms with E-state index < -0.39 is 0 Å². The second kappa shape index (κ2) is 6.26. The van der Waals surface area contributed by atoms with Gasteiger partial charge in [-0.25, -0.2) is 4.98 Å². The van der Waals surface area contributed by atoms with Crippen LogP contribution in [-0.4, -0.2) is 26.1 Å².